The molecule has 2 amide bonds. The third-order valence-corrected chi connectivity index (χ3v) is 5.73. The molecule has 9 heteroatoms. The van der Waals surface area contributed by atoms with E-state index in [1.165, 1.54) is 0 Å². The van der Waals surface area contributed by atoms with Crippen LogP contribution in [0.2, 0.25) is 5.02 Å². The van der Waals surface area contributed by atoms with Crippen molar-refractivity contribution in [1.29, 1.82) is 0 Å². The van der Waals surface area contributed by atoms with E-state index in [-0.39, 0.29) is 6.03 Å². The number of carbonyl (C=O) groups excluding carboxylic acids is 1. The maximum absolute atomic E-state index is 12.8. The van der Waals surface area contributed by atoms with Gasteiger partial charge in [0.25, 0.3) is 0 Å². The number of halogens is 1. The van der Waals surface area contributed by atoms with Gasteiger partial charge in [0.2, 0.25) is 0 Å². The minimum absolute atomic E-state index is 0.143. The lowest BCUT2D eigenvalue weighted by Crippen LogP contribution is -2.50. The van der Waals surface area contributed by atoms with Crippen molar-refractivity contribution in [2.45, 2.75) is 13.8 Å². The third kappa shape index (κ3) is 5.69. The number of aromatic nitrogens is 2. The number of nitrogens with one attached hydrogen (secondary N) is 1. The van der Waals surface area contributed by atoms with E-state index in [1.54, 1.807) is 11.0 Å². The summed E-state index contributed by atoms with van der Waals surface area (Å²) < 4.78 is 11.2. The number of nitrogens with zero attached hydrogens (tertiary/aromatic N) is 4. The minimum atomic E-state index is -0.143. The summed E-state index contributed by atoms with van der Waals surface area (Å²) in [6.07, 6.45) is 0. The zero-order valence-electron chi connectivity index (χ0n) is 19.3. The predicted molar refractivity (Wildman–Crippen MR) is 134 cm³/mol. The number of amides is 2. The van der Waals surface area contributed by atoms with E-state index in [2.05, 4.69) is 20.4 Å². The third-order valence-electron chi connectivity index (χ3n) is 5.48. The standard InChI is InChI=1S/C25H28ClN5O3/c1-3-33-22-11-9-20(17-23(22)34-4-2)27-25(32)31-15-13-30(14-16-31)24-12-10-21(28-29-24)18-5-7-19(26)8-6-18/h5-12,17H,3-4,13-16H2,1-2H3,(H,27,32). The van der Waals surface area contributed by atoms with Crippen LogP contribution >= 0.6 is 11.6 Å². The molecule has 0 radical (unpaired) electrons. The van der Waals surface area contributed by atoms with Crippen molar-refractivity contribution < 1.29 is 14.3 Å². The second kappa shape index (κ2) is 11.1. The van der Waals surface area contributed by atoms with Crippen LogP contribution in [0.3, 0.4) is 0 Å². The van der Waals surface area contributed by atoms with Crippen LogP contribution in [-0.2, 0) is 0 Å². The van der Waals surface area contributed by atoms with Crippen LogP contribution < -0.4 is 19.7 Å². The van der Waals surface area contributed by atoms with Gasteiger partial charge < -0.3 is 24.6 Å². The maximum Gasteiger partial charge on any atom is 0.321 e. The molecule has 0 bridgehead atoms. The number of urea groups is 1. The molecule has 3 aromatic rings. The van der Waals surface area contributed by atoms with Crippen LogP contribution in [0.25, 0.3) is 11.3 Å². The molecule has 0 aliphatic carbocycles. The van der Waals surface area contributed by atoms with Gasteiger partial charge in [-0.1, -0.05) is 23.7 Å². The summed E-state index contributed by atoms with van der Waals surface area (Å²) in [6, 6.07) is 16.7. The number of hydrogen-bond acceptors (Lipinski definition) is 6. The second-order valence-corrected chi connectivity index (χ2v) is 8.15. The number of carbonyl (C=O) groups is 1. The Kier molecular flexibility index (Phi) is 7.69. The van der Waals surface area contributed by atoms with Crippen LogP contribution in [0.1, 0.15) is 13.8 Å². The summed E-state index contributed by atoms with van der Waals surface area (Å²) in [5, 5.41) is 12.4. The summed E-state index contributed by atoms with van der Waals surface area (Å²) in [6.45, 7) is 7.42. The smallest absolute Gasteiger partial charge is 0.321 e. The first kappa shape index (κ1) is 23.6. The van der Waals surface area contributed by atoms with Gasteiger partial charge >= 0.3 is 6.03 Å². The van der Waals surface area contributed by atoms with E-state index in [4.69, 9.17) is 21.1 Å². The molecule has 2 aromatic carbocycles. The molecule has 1 aliphatic heterocycles. The fourth-order valence-electron chi connectivity index (χ4n) is 3.74. The summed E-state index contributed by atoms with van der Waals surface area (Å²) in [5.74, 6) is 2.08. The monoisotopic (exact) mass is 481 g/mol. The molecule has 1 saturated heterocycles. The number of rotatable bonds is 7. The van der Waals surface area contributed by atoms with E-state index >= 15 is 0 Å². The molecule has 4 rings (SSSR count). The Hall–Kier alpha value is -3.52. The molecular formula is C25H28ClN5O3. The Morgan fingerprint density at radius 3 is 2.26 bits per heavy atom. The number of anilines is 2. The van der Waals surface area contributed by atoms with Gasteiger partial charge in [-0.25, -0.2) is 4.79 Å². The molecule has 178 valence electrons. The van der Waals surface area contributed by atoms with E-state index in [9.17, 15) is 4.79 Å². The molecule has 1 aliphatic rings. The molecule has 1 aromatic heterocycles. The van der Waals surface area contributed by atoms with Crippen LogP contribution in [0.5, 0.6) is 11.5 Å². The van der Waals surface area contributed by atoms with Gasteiger partial charge in [-0.15, -0.1) is 10.2 Å². The fraction of sp³-hybridized carbons (Fsp3) is 0.320. The van der Waals surface area contributed by atoms with Gasteiger partial charge in [0.05, 0.1) is 18.9 Å². The Labute approximate surface area is 204 Å². The van der Waals surface area contributed by atoms with Crippen molar-refractivity contribution in [2.24, 2.45) is 0 Å². The lowest BCUT2D eigenvalue weighted by atomic mass is 10.1. The number of hydrogen-bond donors (Lipinski definition) is 1. The van der Waals surface area contributed by atoms with Crippen molar-refractivity contribution in [2.75, 3.05) is 49.6 Å². The SMILES string of the molecule is CCOc1ccc(NC(=O)N2CCN(c3ccc(-c4ccc(Cl)cc4)nn3)CC2)cc1OCC. The highest BCUT2D eigenvalue weighted by atomic mass is 35.5. The minimum Gasteiger partial charge on any atom is -0.490 e. The second-order valence-electron chi connectivity index (χ2n) is 7.72. The number of ether oxygens (including phenoxy) is 2. The molecule has 0 spiro atoms. The molecule has 0 unspecified atom stereocenters. The first-order chi connectivity index (χ1) is 16.6. The van der Waals surface area contributed by atoms with E-state index in [0.29, 0.717) is 61.6 Å². The normalized spacial score (nSPS) is 13.5. The molecule has 1 fully saturated rings. The lowest BCUT2D eigenvalue weighted by molar-refractivity contribution is 0.208. The Balaban J connectivity index is 1.33. The Bertz CT molecular complexity index is 1100. The maximum atomic E-state index is 12.8. The van der Waals surface area contributed by atoms with Crippen molar-refractivity contribution in [1.82, 2.24) is 15.1 Å². The fourth-order valence-corrected chi connectivity index (χ4v) is 3.86. The average molecular weight is 482 g/mol. The van der Waals surface area contributed by atoms with Crippen LogP contribution in [0.15, 0.2) is 54.6 Å². The summed E-state index contributed by atoms with van der Waals surface area (Å²) in [4.78, 5) is 16.7. The van der Waals surface area contributed by atoms with Crippen molar-refractivity contribution >= 4 is 29.1 Å². The Morgan fingerprint density at radius 1 is 0.912 bits per heavy atom. The summed E-state index contributed by atoms with van der Waals surface area (Å²) in [5.41, 5.74) is 2.43. The first-order valence-corrected chi connectivity index (χ1v) is 11.8. The van der Waals surface area contributed by atoms with E-state index in [1.807, 2.05) is 62.4 Å². The predicted octanol–water partition coefficient (Wildman–Crippen LogP) is 4.95. The number of benzene rings is 2. The van der Waals surface area contributed by atoms with Gasteiger partial charge in [-0.3, -0.25) is 0 Å². The zero-order valence-corrected chi connectivity index (χ0v) is 20.1. The summed E-state index contributed by atoms with van der Waals surface area (Å²) >= 11 is 5.96. The first-order valence-electron chi connectivity index (χ1n) is 11.4. The van der Waals surface area contributed by atoms with Crippen LogP contribution in [0.4, 0.5) is 16.3 Å². The van der Waals surface area contributed by atoms with Crippen LogP contribution in [-0.4, -0.2) is 60.5 Å². The molecule has 0 saturated carbocycles. The van der Waals surface area contributed by atoms with E-state index in [0.717, 1.165) is 17.1 Å². The molecule has 8 nitrogen and oxygen atoms in total. The molecular weight excluding hydrogens is 454 g/mol. The van der Waals surface area contributed by atoms with Gasteiger partial charge in [0.1, 0.15) is 0 Å². The molecule has 2 heterocycles. The highest BCUT2D eigenvalue weighted by molar-refractivity contribution is 6.30. The van der Waals surface area contributed by atoms with Crippen molar-refractivity contribution in [3.63, 3.8) is 0 Å². The summed E-state index contributed by atoms with van der Waals surface area (Å²) in [7, 11) is 0. The van der Waals surface area contributed by atoms with E-state index < -0.39 is 0 Å². The highest BCUT2D eigenvalue weighted by Crippen LogP contribution is 2.31. The Morgan fingerprint density at radius 2 is 1.62 bits per heavy atom. The van der Waals surface area contributed by atoms with Gasteiger partial charge in [-0.05, 0) is 50.2 Å². The van der Waals surface area contributed by atoms with Gasteiger partial charge in [-0.2, -0.15) is 0 Å². The van der Waals surface area contributed by atoms with Crippen molar-refractivity contribution in [3.8, 4) is 22.8 Å². The molecule has 1 N–H and O–H groups in total. The van der Waals surface area contributed by atoms with Crippen molar-refractivity contribution in [3.05, 3.63) is 59.6 Å². The van der Waals surface area contributed by atoms with Crippen LogP contribution in [0, 0.1) is 0 Å². The topological polar surface area (TPSA) is 79.8 Å². The molecule has 0 atom stereocenters. The lowest BCUT2D eigenvalue weighted by Gasteiger charge is -2.35. The average Bonchev–Trinajstić information content (AvgIpc) is 2.86. The van der Waals surface area contributed by atoms with Gasteiger partial charge in [0.15, 0.2) is 17.3 Å². The highest BCUT2D eigenvalue weighted by Gasteiger charge is 2.22. The molecule has 34 heavy (non-hydrogen) atoms. The zero-order chi connectivity index (χ0) is 23.9. The largest absolute Gasteiger partial charge is 0.490 e. The van der Waals surface area contributed by atoms with Gasteiger partial charge in [0, 0.05) is 48.5 Å². The quantitative estimate of drug-likeness (QED) is 0.514. The number of piperazine rings is 1.